The van der Waals surface area contributed by atoms with Gasteiger partial charge in [-0.05, 0) is 35.9 Å². The number of benzene rings is 2. The minimum atomic E-state index is -1.22. The van der Waals surface area contributed by atoms with E-state index < -0.39 is 5.97 Å². The van der Waals surface area contributed by atoms with Crippen LogP contribution in [0.3, 0.4) is 0 Å². The molecule has 2 aromatic carbocycles. The molecule has 0 aliphatic heterocycles. The Morgan fingerprint density at radius 3 is 2.82 bits per heavy atom. The lowest BCUT2D eigenvalue weighted by Gasteiger charge is -2.04. The first-order valence-electron chi connectivity index (χ1n) is 6.61. The minimum absolute atomic E-state index is 0.102. The number of hydrazone groups is 1. The number of nitrogens with zero attached hydrogens (tertiary/aromatic N) is 1. The van der Waals surface area contributed by atoms with Crippen LogP contribution in [0.5, 0.6) is 5.75 Å². The maximum absolute atomic E-state index is 10.7. The highest BCUT2D eigenvalue weighted by Crippen LogP contribution is 2.18. The normalized spacial score (nSPS) is 11.0. The molecule has 112 valence electrons. The Hall–Kier alpha value is -3.08. The zero-order valence-corrected chi connectivity index (χ0v) is 12.0. The Bertz CT molecular complexity index is 709. The van der Waals surface area contributed by atoms with Gasteiger partial charge in [0.2, 0.25) is 0 Å². The fraction of sp³-hybridized carbons (Fsp3) is 0.0588. The second-order valence-corrected chi connectivity index (χ2v) is 4.36. The average Bonchev–Trinajstić information content (AvgIpc) is 2.55. The summed E-state index contributed by atoms with van der Waals surface area (Å²) in [6, 6.07) is 13.9. The molecule has 0 aliphatic rings. The summed E-state index contributed by atoms with van der Waals surface area (Å²) in [6.07, 6.45) is 5.19. The molecule has 0 radical (unpaired) electrons. The van der Waals surface area contributed by atoms with E-state index in [1.807, 2.05) is 30.3 Å². The molecule has 0 saturated carbocycles. The quantitative estimate of drug-likeness (QED) is 0.654. The van der Waals surface area contributed by atoms with Gasteiger partial charge >= 0.3 is 0 Å². The number of methoxy groups -OCH3 is 1. The van der Waals surface area contributed by atoms with Crippen molar-refractivity contribution < 1.29 is 14.6 Å². The number of carboxylic acid groups (broad SMARTS) is 1. The standard InChI is InChI=1S/C17H16N2O3/c1-22-16-10-3-2-6-13(16)8-5-11-18-19-15-9-4-7-14(12-15)17(20)21/h2-12,19H,1H3,(H,20,21)/p-1/b8-5+,18-11-. The molecule has 0 unspecified atom stereocenters. The van der Waals surface area contributed by atoms with Crippen molar-refractivity contribution in [2.24, 2.45) is 5.10 Å². The van der Waals surface area contributed by atoms with E-state index in [4.69, 9.17) is 4.74 Å². The summed E-state index contributed by atoms with van der Waals surface area (Å²) in [5.74, 6) is -0.439. The summed E-state index contributed by atoms with van der Waals surface area (Å²) in [4.78, 5) is 10.7. The number of hydrogen-bond donors (Lipinski definition) is 1. The van der Waals surface area contributed by atoms with Crippen LogP contribution in [0, 0.1) is 0 Å². The van der Waals surface area contributed by atoms with Crippen molar-refractivity contribution in [3.8, 4) is 5.75 Å². The first-order chi connectivity index (χ1) is 10.7. The van der Waals surface area contributed by atoms with Gasteiger partial charge in [-0.1, -0.05) is 30.3 Å². The number of allylic oxidation sites excluding steroid dienone is 1. The number of hydrogen-bond acceptors (Lipinski definition) is 5. The smallest absolute Gasteiger partial charge is 0.126 e. The van der Waals surface area contributed by atoms with Gasteiger partial charge in [0.25, 0.3) is 0 Å². The molecule has 2 rings (SSSR count). The SMILES string of the molecule is COc1ccccc1/C=C/C=N\Nc1cccc(C(=O)[O-])c1. The maximum atomic E-state index is 10.7. The van der Waals surface area contributed by atoms with E-state index in [9.17, 15) is 9.90 Å². The van der Waals surface area contributed by atoms with Gasteiger partial charge in [0.15, 0.2) is 0 Å². The first-order valence-corrected chi connectivity index (χ1v) is 6.61. The third kappa shape index (κ3) is 4.21. The van der Waals surface area contributed by atoms with Gasteiger partial charge in [0, 0.05) is 11.8 Å². The fourth-order valence-corrected chi connectivity index (χ4v) is 1.82. The Morgan fingerprint density at radius 1 is 1.23 bits per heavy atom. The predicted molar refractivity (Wildman–Crippen MR) is 84.9 cm³/mol. The molecule has 0 fully saturated rings. The molecule has 0 bridgehead atoms. The third-order valence-corrected chi connectivity index (χ3v) is 2.87. The Balaban J connectivity index is 1.97. The van der Waals surface area contributed by atoms with Crippen LogP contribution >= 0.6 is 0 Å². The van der Waals surface area contributed by atoms with Gasteiger partial charge < -0.3 is 14.6 Å². The zero-order chi connectivity index (χ0) is 15.8. The van der Waals surface area contributed by atoms with E-state index in [1.54, 1.807) is 31.5 Å². The van der Waals surface area contributed by atoms with Gasteiger partial charge in [-0.25, -0.2) is 0 Å². The second-order valence-electron chi connectivity index (χ2n) is 4.36. The fourth-order valence-electron chi connectivity index (χ4n) is 1.82. The van der Waals surface area contributed by atoms with Crippen LogP contribution in [0.4, 0.5) is 5.69 Å². The monoisotopic (exact) mass is 295 g/mol. The molecular formula is C17H15N2O3-. The Labute approximate surface area is 128 Å². The summed E-state index contributed by atoms with van der Waals surface area (Å²) >= 11 is 0. The maximum Gasteiger partial charge on any atom is 0.126 e. The number of carbonyl (C=O) groups is 1. The lowest BCUT2D eigenvalue weighted by Crippen LogP contribution is -2.22. The average molecular weight is 295 g/mol. The van der Waals surface area contributed by atoms with Gasteiger partial charge in [-0.3, -0.25) is 5.43 Å². The van der Waals surface area contributed by atoms with E-state index in [2.05, 4.69) is 10.5 Å². The van der Waals surface area contributed by atoms with Crippen molar-refractivity contribution >= 4 is 23.9 Å². The summed E-state index contributed by atoms with van der Waals surface area (Å²) in [7, 11) is 1.62. The number of anilines is 1. The summed E-state index contributed by atoms with van der Waals surface area (Å²) in [5.41, 5.74) is 4.37. The number of rotatable bonds is 6. The van der Waals surface area contributed by atoms with Crippen molar-refractivity contribution in [3.05, 3.63) is 65.7 Å². The molecule has 0 atom stereocenters. The van der Waals surface area contributed by atoms with Gasteiger partial charge in [0.05, 0.1) is 18.8 Å². The Kier molecular flexibility index (Phi) is 5.31. The number of carboxylic acids is 1. The number of carbonyl (C=O) groups excluding carboxylic acids is 1. The van der Waals surface area contributed by atoms with Gasteiger partial charge in [0.1, 0.15) is 5.75 Å². The molecule has 0 heterocycles. The van der Waals surface area contributed by atoms with Crippen LogP contribution in [0.2, 0.25) is 0 Å². The van der Waals surface area contributed by atoms with Gasteiger partial charge in [-0.15, -0.1) is 0 Å². The summed E-state index contributed by atoms with van der Waals surface area (Å²) in [5, 5.41) is 14.7. The largest absolute Gasteiger partial charge is 0.545 e. The lowest BCUT2D eigenvalue weighted by atomic mass is 10.2. The number of para-hydroxylation sites is 1. The molecule has 5 heteroatoms. The van der Waals surface area contributed by atoms with Crippen molar-refractivity contribution in [3.63, 3.8) is 0 Å². The van der Waals surface area contributed by atoms with E-state index in [1.165, 1.54) is 12.1 Å². The highest BCUT2D eigenvalue weighted by molar-refractivity contribution is 5.87. The van der Waals surface area contributed by atoms with Crippen LogP contribution < -0.4 is 15.3 Å². The molecule has 0 saturated heterocycles. The lowest BCUT2D eigenvalue weighted by molar-refractivity contribution is -0.255. The third-order valence-electron chi connectivity index (χ3n) is 2.87. The minimum Gasteiger partial charge on any atom is -0.545 e. The Morgan fingerprint density at radius 2 is 2.05 bits per heavy atom. The van der Waals surface area contributed by atoms with Crippen LogP contribution in [0.25, 0.3) is 6.08 Å². The number of nitrogens with one attached hydrogen (secondary N) is 1. The molecule has 0 aliphatic carbocycles. The van der Waals surface area contributed by atoms with E-state index in [-0.39, 0.29) is 5.56 Å². The summed E-state index contributed by atoms with van der Waals surface area (Å²) < 4.78 is 5.23. The number of ether oxygens (including phenoxy) is 1. The zero-order valence-electron chi connectivity index (χ0n) is 12.0. The van der Waals surface area contributed by atoms with Gasteiger partial charge in [-0.2, -0.15) is 5.10 Å². The van der Waals surface area contributed by atoms with E-state index in [0.717, 1.165) is 11.3 Å². The second kappa shape index (κ2) is 7.64. The molecule has 22 heavy (non-hydrogen) atoms. The predicted octanol–water partition coefficient (Wildman–Crippen LogP) is 2.17. The van der Waals surface area contributed by atoms with E-state index in [0.29, 0.717) is 5.69 Å². The molecule has 2 aromatic rings. The highest BCUT2D eigenvalue weighted by Gasteiger charge is 1.96. The highest BCUT2D eigenvalue weighted by atomic mass is 16.5. The first kappa shape index (κ1) is 15.3. The van der Waals surface area contributed by atoms with Crippen LogP contribution in [0.15, 0.2) is 59.7 Å². The van der Waals surface area contributed by atoms with Crippen molar-refractivity contribution in [2.45, 2.75) is 0 Å². The topological polar surface area (TPSA) is 73.8 Å². The molecule has 0 aromatic heterocycles. The summed E-state index contributed by atoms with van der Waals surface area (Å²) in [6.45, 7) is 0. The molecule has 0 spiro atoms. The molecular weight excluding hydrogens is 280 g/mol. The molecule has 1 N–H and O–H groups in total. The van der Waals surface area contributed by atoms with Crippen LogP contribution in [0.1, 0.15) is 15.9 Å². The van der Waals surface area contributed by atoms with Crippen molar-refractivity contribution in [1.82, 2.24) is 0 Å². The molecule has 5 nitrogen and oxygen atoms in total. The van der Waals surface area contributed by atoms with Crippen LogP contribution in [-0.2, 0) is 0 Å². The van der Waals surface area contributed by atoms with Crippen molar-refractivity contribution in [1.29, 1.82) is 0 Å². The van der Waals surface area contributed by atoms with E-state index >= 15 is 0 Å². The molecule has 0 amide bonds. The van der Waals surface area contributed by atoms with Crippen LogP contribution in [-0.4, -0.2) is 19.3 Å². The number of aromatic carboxylic acids is 1. The van der Waals surface area contributed by atoms with Crippen molar-refractivity contribution in [2.75, 3.05) is 12.5 Å².